The number of sulfonamides is 1. The van der Waals surface area contributed by atoms with Gasteiger partial charge in [0.15, 0.2) is 0 Å². The third-order valence-electron chi connectivity index (χ3n) is 10.0. The molecule has 0 spiro atoms. The fraction of sp³-hybridized carbons (Fsp3) is 0.488. The molecule has 2 heterocycles. The molecule has 1 saturated carbocycles. The number of rotatable bonds is 15. The Hall–Kier alpha value is -5.18. The molecule has 15 heteroatoms. The summed E-state index contributed by atoms with van der Waals surface area (Å²) in [6.45, 7) is 14.8. The lowest BCUT2D eigenvalue weighted by molar-refractivity contribution is -0.142. The van der Waals surface area contributed by atoms with Crippen LogP contribution in [-0.4, -0.2) is 85.3 Å². The number of para-hydroxylation sites is 1. The molecule has 1 aliphatic heterocycles. The molecule has 2 fully saturated rings. The second-order valence-electron chi connectivity index (χ2n) is 16.6. The van der Waals surface area contributed by atoms with E-state index in [1.54, 1.807) is 45.9 Å². The molecule has 2 aliphatic rings. The fourth-order valence-electron chi connectivity index (χ4n) is 6.46. The first-order chi connectivity index (χ1) is 26.3. The number of benzene rings is 2. The van der Waals surface area contributed by atoms with Crippen LogP contribution in [0, 0.1) is 16.7 Å². The van der Waals surface area contributed by atoms with Gasteiger partial charge in [0.2, 0.25) is 21.8 Å². The first kappa shape index (κ1) is 42.0. The Morgan fingerprint density at radius 3 is 2.39 bits per heavy atom. The van der Waals surface area contributed by atoms with Crippen LogP contribution in [0.3, 0.4) is 0 Å². The molecule has 56 heavy (non-hydrogen) atoms. The van der Waals surface area contributed by atoms with Gasteiger partial charge in [-0.05, 0) is 66.3 Å². The molecule has 0 bridgehead atoms. The number of pyridine rings is 1. The van der Waals surface area contributed by atoms with E-state index >= 15 is 0 Å². The van der Waals surface area contributed by atoms with Gasteiger partial charge in [-0.3, -0.25) is 23.9 Å². The van der Waals surface area contributed by atoms with Crippen LogP contribution in [0.2, 0.25) is 0 Å². The third kappa shape index (κ3) is 10.4. The standard InChI is InChI=1S/C41H53N5O9S.3H2/c1-8-25(2)33(37(49)45-56(52,53)29-18-19-29)43-36(48)32-17-12-20-46(32)38(50)34(40(3,4)5)44-39(51)55-24-41(6,7)23-54-28-15-11-14-26(21-28)30-22-27-13-9-10-16-31(27)42-35(30)47;;;/h8-11,13-16,21-22,25,29,32-34H,1,12,17-20,23-24H2,2-7H3,(H,42,47)(H,43,48)(H,44,51)(H,45,49);3*1H/t25-,32-,33?,34+;;;/m0.../s1. The molecule has 4 amide bonds. The number of likely N-dealkylation sites (tertiary alicyclic amines) is 1. The van der Waals surface area contributed by atoms with Crippen molar-refractivity contribution in [1.82, 2.24) is 25.2 Å². The Balaban J connectivity index is 0.00000400. The van der Waals surface area contributed by atoms with Gasteiger partial charge in [-0.25, -0.2) is 13.2 Å². The van der Waals surface area contributed by atoms with E-state index in [9.17, 15) is 32.4 Å². The topological polar surface area (TPSA) is 193 Å². The van der Waals surface area contributed by atoms with E-state index in [-0.39, 0.29) is 29.6 Å². The number of nitrogens with zero attached hydrogens (tertiary/aromatic N) is 1. The molecule has 14 nitrogen and oxygen atoms in total. The Kier molecular flexibility index (Phi) is 12.7. The highest BCUT2D eigenvalue weighted by Crippen LogP contribution is 2.29. The number of aromatic nitrogens is 1. The molecular weight excluding hydrogens is 739 g/mol. The van der Waals surface area contributed by atoms with Crippen molar-refractivity contribution < 1.29 is 41.3 Å². The molecule has 2 aromatic carbocycles. The van der Waals surface area contributed by atoms with Gasteiger partial charge in [0, 0.05) is 33.2 Å². The number of carbonyl (C=O) groups excluding carboxylic acids is 4. The van der Waals surface area contributed by atoms with Crippen molar-refractivity contribution >= 4 is 44.7 Å². The van der Waals surface area contributed by atoms with Crippen molar-refractivity contribution in [3.63, 3.8) is 0 Å². The average molecular weight is 798 g/mol. The van der Waals surface area contributed by atoms with Crippen LogP contribution in [0.15, 0.2) is 72.0 Å². The number of hydrogen-bond acceptors (Lipinski definition) is 9. The maximum atomic E-state index is 14.1. The lowest BCUT2D eigenvalue weighted by Gasteiger charge is -2.35. The zero-order valence-electron chi connectivity index (χ0n) is 32.8. The molecular formula is C41H59N5O9S. The van der Waals surface area contributed by atoms with E-state index in [4.69, 9.17) is 9.47 Å². The highest BCUT2D eigenvalue weighted by Gasteiger charge is 2.44. The SMILES string of the molecule is C=C[C@H](C)C(NC(=O)[C@@H]1CCCN1C(=O)[C@@H](NC(=O)OCC(C)(C)COc1cccc(-c2cc3ccccc3[nH]c2=O)c1)C(C)(C)C)C(=O)NS(=O)(=O)C1CC1.[HH].[HH].[HH]. The molecule has 3 aromatic rings. The normalized spacial score (nSPS) is 17.7. The van der Waals surface area contributed by atoms with Gasteiger partial charge in [0.25, 0.3) is 11.5 Å². The van der Waals surface area contributed by atoms with Gasteiger partial charge < -0.3 is 30.0 Å². The summed E-state index contributed by atoms with van der Waals surface area (Å²) >= 11 is 0. The maximum absolute atomic E-state index is 14.1. The largest absolute Gasteiger partial charge is 0.493 e. The van der Waals surface area contributed by atoms with Crippen LogP contribution < -0.4 is 25.7 Å². The van der Waals surface area contributed by atoms with E-state index in [0.717, 1.165) is 10.9 Å². The summed E-state index contributed by atoms with van der Waals surface area (Å²) in [4.78, 5) is 71.1. The van der Waals surface area contributed by atoms with Gasteiger partial charge in [-0.15, -0.1) is 6.58 Å². The molecule has 0 radical (unpaired) electrons. The van der Waals surface area contributed by atoms with E-state index in [2.05, 4.69) is 26.9 Å². The molecule has 4 atom stereocenters. The van der Waals surface area contributed by atoms with Crippen molar-refractivity contribution in [3.05, 3.63) is 77.6 Å². The number of fused-ring (bicyclic) bond motifs is 1. The predicted molar refractivity (Wildman–Crippen MR) is 219 cm³/mol. The smallest absolute Gasteiger partial charge is 0.407 e. The van der Waals surface area contributed by atoms with E-state index in [0.29, 0.717) is 42.6 Å². The quantitative estimate of drug-likeness (QED) is 0.146. The molecule has 1 aromatic heterocycles. The highest BCUT2D eigenvalue weighted by atomic mass is 32.2. The van der Waals surface area contributed by atoms with Gasteiger partial charge in [-0.1, -0.05) is 78.0 Å². The number of amides is 4. The number of H-pyrrole nitrogens is 1. The van der Waals surface area contributed by atoms with Crippen LogP contribution >= 0.6 is 0 Å². The summed E-state index contributed by atoms with van der Waals surface area (Å²) in [5, 5.41) is 5.64. The number of ether oxygens (including phenoxy) is 2. The summed E-state index contributed by atoms with van der Waals surface area (Å²) in [6.07, 6.45) is 2.37. The summed E-state index contributed by atoms with van der Waals surface area (Å²) in [5.41, 5.74) is 0.286. The first-order valence-corrected chi connectivity index (χ1v) is 20.4. The van der Waals surface area contributed by atoms with E-state index < -0.39 is 74.0 Å². The minimum Gasteiger partial charge on any atom is -0.493 e. The van der Waals surface area contributed by atoms with E-state index in [1.807, 2.05) is 50.2 Å². The molecule has 4 N–H and O–H groups in total. The van der Waals surface area contributed by atoms with Crippen LogP contribution in [0.1, 0.15) is 71.5 Å². The lowest BCUT2D eigenvalue weighted by atomic mass is 9.85. The zero-order chi connectivity index (χ0) is 41.0. The summed E-state index contributed by atoms with van der Waals surface area (Å²) < 4.78 is 38.7. The highest BCUT2D eigenvalue weighted by molar-refractivity contribution is 7.90. The van der Waals surface area contributed by atoms with Gasteiger partial charge in [-0.2, -0.15) is 0 Å². The van der Waals surface area contributed by atoms with Gasteiger partial charge in [0.05, 0.1) is 11.9 Å². The Labute approximate surface area is 332 Å². The number of nitrogens with one attached hydrogen (secondary N) is 4. The number of alkyl carbamates (subject to hydrolysis) is 1. The van der Waals surface area contributed by atoms with Crippen LogP contribution in [0.5, 0.6) is 5.75 Å². The molecule has 1 aliphatic carbocycles. The van der Waals surface area contributed by atoms with Gasteiger partial charge >= 0.3 is 6.09 Å². The van der Waals surface area contributed by atoms with Crippen molar-refractivity contribution in [2.24, 2.45) is 16.7 Å². The predicted octanol–water partition coefficient (Wildman–Crippen LogP) is 5.39. The van der Waals surface area contributed by atoms with Crippen molar-refractivity contribution in [2.45, 2.75) is 90.6 Å². The zero-order valence-corrected chi connectivity index (χ0v) is 33.7. The van der Waals surface area contributed by atoms with Crippen molar-refractivity contribution in [1.29, 1.82) is 0 Å². The Morgan fingerprint density at radius 1 is 1.00 bits per heavy atom. The average Bonchev–Trinajstić information content (AvgIpc) is 3.90. The molecule has 5 rings (SSSR count). The Bertz CT molecular complexity index is 2160. The summed E-state index contributed by atoms with van der Waals surface area (Å²) in [5.74, 6) is -2.05. The summed E-state index contributed by atoms with van der Waals surface area (Å²) in [6, 6.07) is 13.3. The number of hydrogen-bond donors (Lipinski definition) is 4. The first-order valence-electron chi connectivity index (χ1n) is 18.9. The van der Waals surface area contributed by atoms with Crippen LogP contribution in [0.25, 0.3) is 22.0 Å². The minimum absolute atomic E-state index is 0. The molecule has 1 unspecified atom stereocenters. The lowest BCUT2D eigenvalue weighted by Crippen LogP contribution is -2.60. The van der Waals surface area contributed by atoms with Crippen molar-refractivity contribution in [2.75, 3.05) is 19.8 Å². The van der Waals surface area contributed by atoms with Crippen LogP contribution in [-0.2, 0) is 29.1 Å². The maximum Gasteiger partial charge on any atom is 0.407 e. The monoisotopic (exact) mass is 797 g/mol. The number of aromatic amines is 1. The molecule has 308 valence electrons. The second-order valence-corrected chi connectivity index (χ2v) is 18.5. The Morgan fingerprint density at radius 2 is 1.71 bits per heavy atom. The third-order valence-corrected chi connectivity index (χ3v) is 11.9. The van der Waals surface area contributed by atoms with Crippen LogP contribution in [0.4, 0.5) is 4.79 Å². The second kappa shape index (κ2) is 16.9. The molecule has 1 saturated heterocycles. The van der Waals surface area contributed by atoms with Crippen molar-refractivity contribution in [3.8, 4) is 16.9 Å². The van der Waals surface area contributed by atoms with Gasteiger partial charge in [0.1, 0.15) is 30.5 Å². The summed E-state index contributed by atoms with van der Waals surface area (Å²) in [7, 11) is -3.86. The number of carbonyl (C=O) groups is 4. The minimum atomic E-state index is -3.86. The fourth-order valence-corrected chi connectivity index (χ4v) is 7.79. The van der Waals surface area contributed by atoms with E-state index in [1.165, 1.54) is 11.0 Å².